The first-order valence-electron chi connectivity index (χ1n) is 11.0. The summed E-state index contributed by atoms with van der Waals surface area (Å²) in [5.74, 6) is 0.356. The van der Waals surface area contributed by atoms with E-state index in [-0.39, 0.29) is 25.1 Å². The minimum Gasteiger partial charge on any atom is -0.460 e. The summed E-state index contributed by atoms with van der Waals surface area (Å²) in [6.07, 6.45) is 0.972. The Hall–Kier alpha value is -2.57. The fraction of sp³-hybridized carbons (Fsp3) is 0.625. The van der Waals surface area contributed by atoms with E-state index in [1.165, 1.54) is 0 Å². The van der Waals surface area contributed by atoms with Crippen molar-refractivity contribution in [1.29, 1.82) is 0 Å². The lowest BCUT2D eigenvalue weighted by Gasteiger charge is -2.35. The summed E-state index contributed by atoms with van der Waals surface area (Å²) in [6.45, 7) is 12.8. The van der Waals surface area contributed by atoms with Crippen LogP contribution in [0.25, 0.3) is 0 Å². The fourth-order valence-electron chi connectivity index (χ4n) is 3.80. The molecule has 1 aliphatic rings. The van der Waals surface area contributed by atoms with Gasteiger partial charge in [0.25, 0.3) is 0 Å². The van der Waals surface area contributed by atoms with Gasteiger partial charge in [-0.25, -0.2) is 4.79 Å². The Kier molecular flexibility index (Phi) is 8.48. The van der Waals surface area contributed by atoms with Crippen molar-refractivity contribution in [2.45, 2.75) is 66.7 Å². The number of nitrogens with one attached hydrogen (secondary N) is 2. The highest BCUT2D eigenvalue weighted by Crippen LogP contribution is 2.31. The van der Waals surface area contributed by atoms with Crippen LogP contribution in [0.15, 0.2) is 30.3 Å². The molecule has 0 spiro atoms. The van der Waals surface area contributed by atoms with E-state index in [0.29, 0.717) is 18.4 Å². The molecular formula is C24H37N3O4. The van der Waals surface area contributed by atoms with Gasteiger partial charge in [-0.15, -0.1) is 0 Å². The predicted molar refractivity (Wildman–Crippen MR) is 120 cm³/mol. The van der Waals surface area contributed by atoms with Crippen LogP contribution in [-0.4, -0.2) is 48.0 Å². The summed E-state index contributed by atoms with van der Waals surface area (Å²) in [5, 5.41) is 5.29. The van der Waals surface area contributed by atoms with Crippen molar-refractivity contribution < 1.29 is 19.1 Å². The third-order valence-corrected chi connectivity index (χ3v) is 5.86. The normalized spacial score (nSPS) is 19.8. The van der Waals surface area contributed by atoms with Gasteiger partial charge in [0.05, 0.1) is 0 Å². The molecule has 0 saturated carbocycles. The van der Waals surface area contributed by atoms with Crippen LogP contribution in [-0.2, 0) is 20.9 Å². The van der Waals surface area contributed by atoms with E-state index in [2.05, 4.69) is 31.4 Å². The van der Waals surface area contributed by atoms with Gasteiger partial charge < -0.3 is 20.3 Å². The lowest BCUT2D eigenvalue weighted by Crippen LogP contribution is -2.57. The zero-order valence-electron chi connectivity index (χ0n) is 19.6. The molecule has 1 aromatic carbocycles. The quantitative estimate of drug-likeness (QED) is 0.648. The number of nitrogens with zero attached hydrogens (tertiary/aromatic N) is 1. The van der Waals surface area contributed by atoms with E-state index in [1.807, 2.05) is 56.0 Å². The summed E-state index contributed by atoms with van der Waals surface area (Å²) in [5.41, 5.74) is 0.399. The molecule has 172 valence electrons. The van der Waals surface area contributed by atoms with Crippen molar-refractivity contribution in [3.8, 4) is 0 Å². The number of hydrogen-bond acceptors (Lipinski definition) is 4. The number of esters is 1. The van der Waals surface area contributed by atoms with Gasteiger partial charge in [0.1, 0.15) is 19.2 Å². The van der Waals surface area contributed by atoms with E-state index >= 15 is 0 Å². The van der Waals surface area contributed by atoms with Crippen molar-refractivity contribution in [2.24, 2.45) is 17.3 Å². The molecule has 31 heavy (non-hydrogen) atoms. The van der Waals surface area contributed by atoms with Crippen LogP contribution in [0, 0.1) is 17.3 Å². The van der Waals surface area contributed by atoms with E-state index in [1.54, 1.807) is 0 Å². The molecule has 1 aromatic rings. The van der Waals surface area contributed by atoms with Crippen molar-refractivity contribution in [3.63, 3.8) is 0 Å². The lowest BCUT2D eigenvalue weighted by molar-refractivity contribution is -0.143. The summed E-state index contributed by atoms with van der Waals surface area (Å²) >= 11 is 0. The number of rotatable bonds is 7. The zero-order valence-corrected chi connectivity index (χ0v) is 19.6. The molecular weight excluding hydrogens is 394 g/mol. The maximum atomic E-state index is 13.3. The van der Waals surface area contributed by atoms with Crippen LogP contribution in [0.1, 0.15) is 53.5 Å². The molecule has 3 atom stereocenters. The zero-order chi connectivity index (χ0) is 23.2. The van der Waals surface area contributed by atoms with E-state index in [9.17, 15) is 14.4 Å². The minimum absolute atomic E-state index is 0.0787. The molecule has 1 fully saturated rings. The molecule has 1 saturated heterocycles. The molecule has 0 bridgehead atoms. The molecule has 0 radical (unpaired) electrons. The third kappa shape index (κ3) is 7.26. The number of benzene rings is 1. The Labute approximate surface area is 185 Å². The SMILES string of the molecule is CC(C)C1CC(C)N(C(=O)C(NC(=O)NCC(=O)OCc2ccccc2)C(C)(C)C)C1. The number of likely N-dealkylation sites (tertiary alicyclic amines) is 1. The summed E-state index contributed by atoms with van der Waals surface area (Å²) in [4.78, 5) is 39.6. The highest BCUT2D eigenvalue weighted by atomic mass is 16.5. The monoisotopic (exact) mass is 431 g/mol. The summed E-state index contributed by atoms with van der Waals surface area (Å²) in [6, 6.07) is 8.22. The predicted octanol–water partition coefficient (Wildman–Crippen LogP) is 3.34. The second-order valence-corrected chi connectivity index (χ2v) is 9.85. The molecule has 7 nitrogen and oxygen atoms in total. The molecule has 3 amide bonds. The van der Waals surface area contributed by atoms with Crippen LogP contribution in [0.2, 0.25) is 0 Å². The molecule has 0 aliphatic carbocycles. The third-order valence-electron chi connectivity index (χ3n) is 5.86. The molecule has 1 aliphatic heterocycles. The van der Waals surface area contributed by atoms with E-state index < -0.39 is 23.5 Å². The highest BCUT2D eigenvalue weighted by molar-refractivity contribution is 5.89. The van der Waals surface area contributed by atoms with Gasteiger partial charge >= 0.3 is 12.0 Å². The second kappa shape index (κ2) is 10.6. The first-order valence-corrected chi connectivity index (χ1v) is 11.0. The first kappa shape index (κ1) is 24.7. The van der Waals surface area contributed by atoms with Crippen LogP contribution in [0.5, 0.6) is 0 Å². The molecule has 3 unspecified atom stereocenters. The summed E-state index contributed by atoms with van der Waals surface area (Å²) < 4.78 is 5.17. The van der Waals surface area contributed by atoms with Crippen molar-refractivity contribution in [3.05, 3.63) is 35.9 Å². The standard InChI is InChI=1S/C24H37N3O4/c1-16(2)19-12-17(3)27(14-19)22(29)21(24(4,5)6)26-23(30)25-13-20(28)31-15-18-10-8-7-9-11-18/h7-11,16-17,19,21H,12-15H2,1-6H3,(H2,25,26,30). The average molecular weight is 432 g/mol. The second-order valence-electron chi connectivity index (χ2n) is 9.85. The van der Waals surface area contributed by atoms with Gasteiger partial charge in [-0.3, -0.25) is 9.59 Å². The van der Waals surface area contributed by atoms with Gasteiger partial charge in [0.15, 0.2) is 0 Å². The number of carbonyl (C=O) groups excluding carboxylic acids is 3. The number of carbonyl (C=O) groups is 3. The van der Waals surface area contributed by atoms with Gasteiger partial charge in [0, 0.05) is 12.6 Å². The lowest BCUT2D eigenvalue weighted by atomic mass is 9.85. The van der Waals surface area contributed by atoms with E-state index in [4.69, 9.17) is 4.74 Å². The maximum absolute atomic E-state index is 13.3. The number of amides is 3. The van der Waals surface area contributed by atoms with Gasteiger partial charge in [0.2, 0.25) is 5.91 Å². The Bertz CT molecular complexity index is 758. The number of hydrogen-bond donors (Lipinski definition) is 2. The van der Waals surface area contributed by atoms with Crippen LogP contribution in [0.3, 0.4) is 0 Å². The fourth-order valence-corrected chi connectivity index (χ4v) is 3.80. The molecule has 2 rings (SSSR count). The van der Waals surface area contributed by atoms with Crippen LogP contribution >= 0.6 is 0 Å². The molecule has 2 N–H and O–H groups in total. The van der Waals surface area contributed by atoms with Gasteiger partial charge in [-0.1, -0.05) is 65.0 Å². The Morgan fingerprint density at radius 1 is 1.16 bits per heavy atom. The van der Waals surface area contributed by atoms with Crippen LogP contribution in [0.4, 0.5) is 4.79 Å². The topological polar surface area (TPSA) is 87.7 Å². The Morgan fingerprint density at radius 3 is 2.35 bits per heavy atom. The van der Waals surface area contributed by atoms with Gasteiger partial charge in [-0.2, -0.15) is 0 Å². The highest BCUT2D eigenvalue weighted by Gasteiger charge is 2.41. The van der Waals surface area contributed by atoms with Crippen LogP contribution < -0.4 is 10.6 Å². The Morgan fingerprint density at radius 2 is 1.81 bits per heavy atom. The molecule has 0 aromatic heterocycles. The minimum atomic E-state index is -0.693. The van der Waals surface area contributed by atoms with Crippen molar-refractivity contribution in [1.82, 2.24) is 15.5 Å². The number of urea groups is 1. The molecule has 7 heteroatoms. The average Bonchev–Trinajstić information content (AvgIpc) is 3.10. The van der Waals surface area contributed by atoms with Crippen molar-refractivity contribution >= 4 is 17.9 Å². The molecule has 1 heterocycles. The Balaban J connectivity index is 1.89. The first-order chi connectivity index (χ1) is 14.5. The maximum Gasteiger partial charge on any atom is 0.325 e. The van der Waals surface area contributed by atoms with Gasteiger partial charge in [-0.05, 0) is 36.2 Å². The number of ether oxygens (including phenoxy) is 1. The largest absolute Gasteiger partial charge is 0.460 e. The van der Waals surface area contributed by atoms with Crippen molar-refractivity contribution in [2.75, 3.05) is 13.1 Å². The smallest absolute Gasteiger partial charge is 0.325 e. The summed E-state index contributed by atoms with van der Waals surface area (Å²) in [7, 11) is 0. The van der Waals surface area contributed by atoms with E-state index in [0.717, 1.165) is 12.0 Å².